The van der Waals surface area contributed by atoms with Crippen molar-refractivity contribution in [2.45, 2.75) is 18.7 Å². The Hall–Kier alpha value is -1.44. The summed E-state index contributed by atoms with van der Waals surface area (Å²) in [6, 6.07) is 6.16. The maximum atomic E-state index is 12.6. The van der Waals surface area contributed by atoms with E-state index >= 15 is 0 Å². The van der Waals surface area contributed by atoms with Crippen LogP contribution in [0.15, 0.2) is 29.2 Å². The highest BCUT2D eigenvalue weighted by atomic mass is 32.2. The molecule has 1 saturated heterocycles. The monoisotopic (exact) mass is 339 g/mol. The van der Waals surface area contributed by atoms with Gasteiger partial charge in [0.1, 0.15) is 0 Å². The fourth-order valence-electron chi connectivity index (χ4n) is 2.35. The molecule has 0 aliphatic carbocycles. The predicted octanol–water partition coefficient (Wildman–Crippen LogP) is 1.01. The van der Waals surface area contributed by atoms with Crippen molar-refractivity contribution in [3.8, 4) is 0 Å². The number of rotatable bonds is 5. The van der Waals surface area contributed by atoms with Gasteiger partial charge in [-0.1, -0.05) is 13.8 Å². The molecule has 7 heteroatoms. The molecule has 1 aliphatic rings. The van der Waals surface area contributed by atoms with Gasteiger partial charge in [0.05, 0.1) is 4.90 Å². The van der Waals surface area contributed by atoms with E-state index in [4.69, 9.17) is 0 Å². The predicted molar refractivity (Wildman–Crippen MR) is 89.9 cm³/mol. The maximum Gasteiger partial charge on any atom is 0.251 e. The van der Waals surface area contributed by atoms with Gasteiger partial charge >= 0.3 is 0 Å². The van der Waals surface area contributed by atoms with Crippen molar-refractivity contribution in [3.63, 3.8) is 0 Å². The zero-order valence-electron chi connectivity index (χ0n) is 13.9. The number of amides is 1. The molecule has 0 bridgehead atoms. The van der Waals surface area contributed by atoms with Gasteiger partial charge in [-0.05, 0) is 37.2 Å². The third-order valence-corrected chi connectivity index (χ3v) is 5.80. The van der Waals surface area contributed by atoms with Gasteiger partial charge in [-0.15, -0.1) is 0 Å². The molecule has 1 aromatic rings. The lowest BCUT2D eigenvalue weighted by molar-refractivity contribution is 0.0949. The molecule has 1 N–H and O–H groups in total. The smallest absolute Gasteiger partial charge is 0.251 e. The van der Waals surface area contributed by atoms with Crippen molar-refractivity contribution in [1.29, 1.82) is 0 Å². The number of carbonyl (C=O) groups is 1. The van der Waals surface area contributed by atoms with Crippen LogP contribution in [0.1, 0.15) is 24.2 Å². The van der Waals surface area contributed by atoms with Crippen molar-refractivity contribution in [2.75, 3.05) is 39.8 Å². The second-order valence-electron chi connectivity index (χ2n) is 6.34. The molecular weight excluding hydrogens is 314 g/mol. The molecule has 1 aromatic carbocycles. The SMILES string of the molecule is CC(C)CNC(=O)c1ccc(S(=O)(=O)N2CCN(C)CC2)cc1. The maximum absolute atomic E-state index is 12.6. The summed E-state index contributed by atoms with van der Waals surface area (Å²) < 4.78 is 26.7. The minimum atomic E-state index is -3.48. The van der Waals surface area contributed by atoms with Crippen LogP contribution in [0.2, 0.25) is 0 Å². The molecule has 0 saturated carbocycles. The molecule has 128 valence electrons. The Bertz CT molecular complexity index is 633. The molecule has 0 unspecified atom stereocenters. The zero-order valence-corrected chi connectivity index (χ0v) is 14.8. The molecular formula is C16H25N3O3S. The second-order valence-corrected chi connectivity index (χ2v) is 8.27. The number of hydrogen-bond acceptors (Lipinski definition) is 4. The van der Waals surface area contributed by atoms with Gasteiger partial charge in [0.25, 0.3) is 5.91 Å². The van der Waals surface area contributed by atoms with E-state index in [9.17, 15) is 13.2 Å². The minimum Gasteiger partial charge on any atom is -0.352 e. The number of nitrogens with one attached hydrogen (secondary N) is 1. The highest BCUT2D eigenvalue weighted by Crippen LogP contribution is 2.18. The van der Waals surface area contributed by atoms with Crippen molar-refractivity contribution in [2.24, 2.45) is 5.92 Å². The summed E-state index contributed by atoms with van der Waals surface area (Å²) in [4.78, 5) is 14.3. The molecule has 1 aliphatic heterocycles. The lowest BCUT2D eigenvalue weighted by Crippen LogP contribution is -2.47. The summed E-state index contributed by atoms with van der Waals surface area (Å²) >= 11 is 0. The molecule has 0 aromatic heterocycles. The molecule has 0 atom stereocenters. The number of sulfonamides is 1. The lowest BCUT2D eigenvalue weighted by Gasteiger charge is -2.31. The first-order valence-electron chi connectivity index (χ1n) is 7.87. The van der Waals surface area contributed by atoms with Gasteiger partial charge in [0, 0.05) is 38.3 Å². The Kier molecular flexibility index (Phi) is 5.78. The largest absolute Gasteiger partial charge is 0.352 e. The Morgan fingerprint density at radius 2 is 1.70 bits per heavy atom. The van der Waals surface area contributed by atoms with Crippen molar-refractivity contribution in [1.82, 2.24) is 14.5 Å². The summed E-state index contributed by atoms with van der Waals surface area (Å²) in [6.45, 7) is 7.09. The van der Waals surface area contributed by atoms with Crippen LogP contribution in [0.4, 0.5) is 0 Å². The van der Waals surface area contributed by atoms with Crippen LogP contribution < -0.4 is 5.32 Å². The molecule has 6 nitrogen and oxygen atoms in total. The summed E-state index contributed by atoms with van der Waals surface area (Å²) in [5, 5.41) is 2.82. The van der Waals surface area contributed by atoms with Crippen LogP contribution in [-0.2, 0) is 10.0 Å². The first-order valence-corrected chi connectivity index (χ1v) is 9.31. The third-order valence-electron chi connectivity index (χ3n) is 3.89. The summed E-state index contributed by atoms with van der Waals surface area (Å²) in [5.41, 5.74) is 0.475. The van der Waals surface area contributed by atoms with E-state index in [-0.39, 0.29) is 10.8 Å². The van der Waals surface area contributed by atoms with Crippen LogP contribution >= 0.6 is 0 Å². The van der Waals surface area contributed by atoms with Crippen molar-refractivity contribution >= 4 is 15.9 Å². The molecule has 1 amide bonds. The van der Waals surface area contributed by atoms with E-state index in [1.807, 2.05) is 20.9 Å². The number of nitrogens with zero attached hydrogens (tertiary/aromatic N) is 2. The zero-order chi connectivity index (χ0) is 17.0. The van der Waals surface area contributed by atoms with Crippen molar-refractivity contribution < 1.29 is 13.2 Å². The Balaban J connectivity index is 2.08. The molecule has 1 heterocycles. The first-order chi connectivity index (χ1) is 10.8. The van der Waals surface area contributed by atoms with Crippen LogP contribution in [0.3, 0.4) is 0 Å². The average molecular weight is 339 g/mol. The summed E-state index contributed by atoms with van der Waals surface area (Å²) in [7, 11) is -1.50. The standard InChI is InChI=1S/C16H25N3O3S/c1-13(2)12-17-16(20)14-4-6-15(7-5-14)23(21,22)19-10-8-18(3)9-11-19/h4-7,13H,8-12H2,1-3H3,(H,17,20). The van der Waals surface area contributed by atoms with Gasteiger partial charge in [0.15, 0.2) is 0 Å². The van der Waals surface area contributed by atoms with Gasteiger partial charge in [-0.2, -0.15) is 4.31 Å². The number of piperazine rings is 1. The van der Waals surface area contributed by atoms with E-state index < -0.39 is 10.0 Å². The molecule has 23 heavy (non-hydrogen) atoms. The third kappa shape index (κ3) is 4.53. The van der Waals surface area contributed by atoms with E-state index in [0.29, 0.717) is 31.1 Å². The van der Waals surface area contributed by atoms with E-state index in [2.05, 4.69) is 10.2 Å². The number of carbonyl (C=O) groups excluding carboxylic acids is 1. The van der Waals surface area contributed by atoms with Crippen LogP contribution in [-0.4, -0.2) is 63.3 Å². The molecule has 2 rings (SSSR count). The number of hydrogen-bond donors (Lipinski definition) is 1. The average Bonchev–Trinajstić information content (AvgIpc) is 2.53. The Morgan fingerprint density at radius 3 is 2.22 bits per heavy atom. The summed E-state index contributed by atoms with van der Waals surface area (Å²) in [6.07, 6.45) is 0. The van der Waals surface area contributed by atoms with Gasteiger partial charge in [-0.3, -0.25) is 4.79 Å². The van der Waals surface area contributed by atoms with Crippen LogP contribution in [0, 0.1) is 5.92 Å². The van der Waals surface area contributed by atoms with E-state index in [0.717, 1.165) is 13.1 Å². The van der Waals surface area contributed by atoms with E-state index in [1.165, 1.54) is 16.4 Å². The minimum absolute atomic E-state index is 0.178. The molecule has 0 spiro atoms. The van der Waals surface area contributed by atoms with E-state index in [1.54, 1.807) is 12.1 Å². The van der Waals surface area contributed by atoms with Crippen LogP contribution in [0.5, 0.6) is 0 Å². The highest BCUT2D eigenvalue weighted by Gasteiger charge is 2.27. The quantitative estimate of drug-likeness (QED) is 0.869. The van der Waals surface area contributed by atoms with Gasteiger partial charge in [-0.25, -0.2) is 8.42 Å². The Morgan fingerprint density at radius 1 is 1.13 bits per heavy atom. The second kappa shape index (κ2) is 7.42. The van der Waals surface area contributed by atoms with Crippen molar-refractivity contribution in [3.05, 3.63) is 29.8 Å². The molecule has 0 radical (unpaired) electrons. The first kappa shape index (κ1) is 17.9. The normalized spacial score (nSPS) is 17.4. The fraction of sp³-hybridized carbons (Fsp3) is 0.562. The number of likely N-dealkylation sites (N-methyl/N-ethyl adjacent to an activating group) is 1. The highest BCUT2D eigenvalue weighted by molar-refractivity contribution is 7.89. The topological polar surface area (TPSA) is 69.7 Å². The lowest BCUT2D eigenvalue weighted by atomic mass is 10.2. The van der Waals surface area contributed by atoms with Crippen LogP contribution in [0.25, 0.3) is 0 Å². The number of benzene rings is 1. The summed E-state index contributed by atoms with van der Waals surface area (Å²) in [5.74, 6) is 0.193. The fourth-order valence-corrected chi connectivity index (χ4v) is 3.78. The van der Waals surface area contributed by atoms with Gasteiger partial charge < -0.3 is 10.2 Å². The Labute approximate surface area is 138 Å². The van der Waals surface area contributed by atoms with Gasteiger partial charge in [0.2, 0.25) is 10.0 Å². The molecule has 1 fully saturated rings.